The number of hydrogen-bond donors (Lipinski definition) is 6. The zero-order valence-corrected chi connectivity index (χ0v) is 15.4. The third kappa shape index (κ3) is 6.96. The van der Waals surface area contributed by atoms with Crippen molar-refractivity contribution in [1.82, 2.24) is 16.2 Å². The van der Waals surface area contributed by atoms with Crippen LogP contribution in [0.4, 0.5) is 4.79 Å². The highest BCUT2D eigenvalue weighted by Crippen LogP contribution is 2.17. The average molecular weight is 398 g/mol. The van der Waals surface area contributed by atoms with Crippen molar-refractivity contribution in [2.24, 2.45) is 16.5 Å². The number of nitrogens with one attached hydrogen (secondary N) is 3. The topological polar surface area (TPSA) is 172 Å². The number of aliphatic carboxylic acids is 1. The Labute approximate surface area is 167 Å². The molecule has 2 rings (SSSR count). The standard InChI is InChI=1S/C19H22N6O4/c20-18(21)22-16(13-9-5-2-6-10-13)17(28)23-19(29)25-24-14(11-15(26)27)12-7-3-1-4-8-12/h1-10,14,16,24H,11H2,(H,26,27)(H4,20,21,22)(H2,23,25,28,29). The van der Waals surface area contributed by atoms with Gasteiger partial charge >= 0.3 is 12.0 Å². The molecule has 0 aliphatic rings. The monoisotopic (exact) mass is 398 g/mol. The Hall–Kier alpha value is -3.92. The van der Waals surface area contributed by atoms with Crippen molar-refractivity contribution in [2.75, 3.05) is 0 Å². The zero-order chi connectivity index (χ0) is 21.2. The summed E-state index contributed by atoms with van der Waals surface area (Å²) in [4.78, 5) is 39.6. The molecule has 2 aromatic rings. The number of nitrogens with two attached hydrogens (primary N) is 2. The first-order valence-electron chi connectivity index (χ1n) is 8.63. The van der Waals surface area contributed by atoms with Crippen LogP contribution in [0.5, 0.6) is 0 Å². The number of nitrogens with zero attached hydrogens (tertiary/aromatic N) is 1. The second-order valence-electron chi connectivity index (χ2n) is 6.02. The predicted octanol–water partition coefficient (Wildman–Crippen LogP) is 0.548. The summed E-state index contributed by atoms with van der Waals surface area (Å²) in [6.45, 7) is 0. The maximum absolute atomic E-state index is 12.5. The first-order valence-corrected chi connectivity index (χ1v) is 8.63. The number of hydrogen-bond acceptors (Lipinski definition) is 5. The number of aliphatic imine (C=N–C) groups is 1. The highest BCUT2D eigenvalue weighted by molar-refractivity contribution is 5.98. The Bertz CT molecular complexity index is 869. The van der Waals surface area contributed by atoms with Gasteiger partial charge in [-0.3, -0.25) is 20.3 Å². The first kappa shape index (κ1) is 21.4. The smallest absolute Gasteiger partial charge is 0.335 e. The molecule has 0 fully saturated rings. The molecule has 8 N–H and O–H groups in total. The highest BCUT2D eigenvalue weighted by Gasteiger charge is 2.23. The lowest BCUT2D eigenvalue weighted by Gasteiger charge is -2.19. The van der Waals surface area contributed by atoms with Gasteiger partial charge in [-0.05, 0) is 11.1 Å². The average Bonchev–Trinajstić information content (AvgIpc) is 2.70. The van der Waals surface area contributed by atoms with E-state index < -0.39 is 30.0 Å². The second kappa shape index (κ2) is 10.4. The Balaban J connectivity index is 2.03. The third-order valence-corrected chi connectivity index (χ3v) is 3.82. The van der Waals surface area contributed by atoms with Crippen molar-refractivity contribution < 1.29 is 19.5 Å². The van der Waals surface area contributed by atoms with Crippen LogP contribution in [0.25, 0.3) is 0 Å². The van der Waals surface area contributed by atoms with E-state index in [1.165, 1.54) is 0 Å². The number of carboxylic acid groups (broad SMARTS) is 1. The number of benzene rings is 2. The van der Waals surface area contributed by atoms with E-state index in [0.29, 0.717) is 11.1 Å². The summed E-state index contributed by atoms with van der Waals surface area (Å²) in [6.07, 6.45) is -0.279. The van der Waals surface area contributed by atoms with Crippen LogP contribution in [-0.2, 0) is 9.59 Å². The van der Waals surface area contributed by atoms with Crippen molar-refractivity contribution in [2.45, 2.75) is 18.5 Å². The summed E-state index contributed by atoms with van der Waals surface area (Å²) in [5, 5.41) is 11.2. The fourth-order valence-electron chi connectivity index (χ4n) is 2.55. The quantitative estimate of drug-likeness (QED) is 0.214. The normalized spacial score (nSPS) is 12.3. The lowest BCUT2D eigenvalue weighted by molar-refractivity contribution is -0.137. The number of imide groups is 1. The van der Waals surface area contributed by atoms with Gasteiger partial charge in [0.05, 0.1) is 12.5 Å². The summed E-state index contributed by atoms with van der Waals surface area (Å²) in [6, 6.07) is 14.5. The second-order valence-corrected chi connectivity index (χ2v) is 6.02. The van der Waals surface area contributed by atoms with Gasteiger partial charge in [0, 0.05) is 0 Å². The van der Waals surface area contributed by atoms with Gasteiger partial charge in [0.25, 0.3) is 5.91 Å². The van der Waals surface area contributed by atoms with Gasteiger partial charge in [-0.1, -0.05) is 60.7 Å². The van der Waals surface area contributed by atoms with Crippen molar-refractivity contribution in [1.29, 1.82) is 0 Å². The maximum atomic E-state index is 12.5. The largest absolute Gasteiger partial charge is 0.481 e. The molecule has 3 amide bonds. The molecule has 0 aliphatic carbocycles. The van der Waals surface area contributed by atoms with Crippen LogP contribution in [0.1, 0.15) is 29.6 Å². The maximum Gasteiger partial charge on any atom is 0.335 e. The van der Waals surface area contributed by atoms with Gasteiger partial charge in [-0.2, -0.15) is 0 Å². The van der Waals surface area contributed by atoms with E-state index in [9.17, 15) is 14.4 Å². The van der Waals surface area contributed by atoms with E-state index in [4.69, 9.17) is 16.6 Å². The van der Waals surface area contributed by atoms with Crippen LogP contribution >= 0.6 is 0 Å². The van der Waals surface area contributed by atoms with E-state index in [1.54, 1.807) is 60.7 Å². The molecule has 0 heterocycles. The SMILES string of the molecule is NC(N)=NC(C(=O)NC(=O)NNC(CC(=O)O)c1ccccc1)c1ccccc1. The van der Waals surface area contributed by atoms with Crippen LogP contribution in [0.3, 0.4) is 0 Å². The lowest BCUT2D eigenvalue weighted by atomic mass is 10.0. The number of hydrazine groups is 1. The zero-order valence-electron chi connectivity index (χ0n) is 15.4. The number of carbonyl (C=O) groups excluding carboxylic acids is 2. The first-order chi connectivity index (χ1) is 13.9. The van der Waals surface area contributed by atoms with E-state index in [2.05, 4.69) is 21.2 Å². The number of guanidine groups is 1. The summed E-state index contributed by atoms with van der Waals surface area (Å²) >= 11 is 0. The van der Waals surface area contributed by atoms with Crippen LogP contribution in [-0.4, -0.2) is 29.0 Å². The molecule has 0 bridgehead atoms. The van der Waals surface area contributed by atoms with Gasteiger partial charge in [0.2, 0.25) is 0 Å². The van der Waals surface area contributed by atoms with Crippen molar-refractivity contribution in [3.05, 3.63) is 71.8 Å². The number of rotatable bonds is 8. The Morgan fingerprint density at radius 3 is 2.00 bits per heavy atom. The van der Waals surface area contributed by atoms with Crippen molar-refractivity contribution in [3.63, 3.8) is 0 Å². The molecule has 0 aromatic heterocycles. The van der Waals surface area contributed by atoms with Gasteiger partial charge in [0.1, 0.15) is 0 Å². The highest BCUT2D eigenvalue weighted by atomic mass is 16.4. The van der Waals surface area contributed by atoms with Crippen LogP contribution in [0.2, 0.25) is 0 Å². The number of amides is 3. The van der Waals surface area contributed by atoms with Gasteiger partial charge in [-0.15, -0.1) is 0 Å². The van der Waals surface area contributed by atoms with Crippen LogP contribution < -0.4 is 27.6 Å². The molecule has 10 heteroatoms. The number of carbonyl (C=O) groups is 3. The van der Waals surface area contributed by atoms with E-state index in [1.807, 2.05) is 0 Å². The molecular formula is C19H22N6O4. The predicted molar refractivity (Wildman–Crippen MR) is 106 cm³/mol. The van der Waals surface area contributed by atoms with Gasteiger partial charge in [0.15, 0.2) is 12.0 Å². The van der Waals surface area contributed by atoms with Crippen LogP contribution in [0, 0.1) is 0 Å². The summed E-state index contributed by atoms with van der Waals surface area (Å²) in [5.74, 6) is -2.11. The fourth-order valence-corrected chi connectivity index (χ4v) is 2.55. The minimum absolute atomic E-state index is 0.279. The number of carboxylic acids is 1. The summed E-state index contributed by atoms with van der Waals surface area (Å²) in [7, 11) is 0. The van der Waals surface area contributed by atoms with E-state index in [0.717, 1.165) is 0 Å². The Morgan fingerprint density at radius 1 is 0.931 bits per heavy atom. The molecule has 0 radical (unpaired) electrons. The molecule has 29 heavy (non-hydrogen) atoms. The Morgan fingerprint density at radius 2 is 1.48 bits per heavy atom. The lowest BCUT2D eigenvalue weighted by Crippen LogP contribution is -2.49. The molecule has 0 aliphatic heterocycles. The molecule has 10 nitrogen and oxygen atoms in total. The van der Waals surface area contributed by atoms with Gasteiger partial charge in [-0.25, -0.2) is 15.2 Å². The minimum Gasteiger partial charge on any atom is -0.481 e. The van der Waals surface area contributed by atoms with Crippen molar-refractivity contribution >= 4 is 23.9 Å². The number of urea groups is 1. The summed E-state index contributed by atoms with van der Waals surface area (Å²) < 4.78 is 0. The molecule has 0 spiro atoms. The van der Waals surface area contributed by atoms with Crippen molar-refractivity contribution in [3.8, 4) is 0 Å². The summed E-state index contributed by atoms with van der Waals surface area (Å²) in [5.41, 5.74) is 16.8. The molecule has 152 valence electrons. The van der Waals surface area contributed by atoms with Gasteiger partial charge < -0.3 is 16.6 Å². The molecule has 2 atom stereocenters. The van der Waals surface area contributed by atoms with E-state index >= 15 is 0 Å². The third-order valence-electron chi connectivity index (χ3n) is 3.82. The Kier molecular flexibility index (Phi) is 7.68. The fraction of sp³-hybridized carbons (Fsp3) is 0.158. The van der Waals surface area contributed by atoms with Crippen LogP contribution in [0.15, 0.2) is 65.7 Å². The molecule has 2 unspecified atom stereocenters. The molecule has 0 saturated carbocycles. The minimum atomic E-state index is -1.11. The molecule has 2 aromatic carbocycles. The van der Waals surface area contributed by atoms with E-state index in [-0.39, 0.29) is 12.4 Å². The molecule has 0 saturated heterocycles. The molecular weight excluding hydrogens is 376 g/mol.